The van der Waals surface area contributed by atoms with Gasteiger partial charge >= 0.3 is 0 Å². The molecule has 3 heteroatoms. The fourth-order valence-electron chi connectivity index (χ4n) is 1.68. The lowest BCUT2D eigenvalue weighted by atomic mass is 9.68. The molecule has 0 N–H and O–H groups in total. The van der Waals surface area contributed by atoms with E-state index in [1.54, 1.807) is 11.3 Å². The molecule has 12 heavy (non-hydrogen) atoms. The standard InChI is InChI=1S/C9H10N2S/c1-7-8(12-6-11-7)9(5-10)3-2-4-9/h6H,2-4H2,1H3. The summed E-state index contributed by atoms with van der Waals surface area (Å²) in [5.74, 6) is 0. The molecular formula is C9H10N2S. The Balaban J connectivity index is 2.42. The van der Waals surface area contributed by atoms with E-state index in [9.17, 15) is 0 Å². The second kappa shape index (κ2) is 2.56. The maximum absolute atomic E-state index is 9.06. The van der Waals surface area contributed by atoms with Crippen LogP contribution < -0.4 is 0 Å². The molecule has 0 unspecified atom stereocenters. The van der Waals surface area contributed by atoms with Gasteiger partial charge in [-0.1, -0.05) is 0 Å². The zero-order chi connectivity index (χ0) is 8.60. The molecule has 0 bridgehead atoms. The molecule has 0 amide bonds. The van der Waals surface area contributed by atoms with Crippen molar-refractivity contribution in [1.82, 2.24) is 4.98 Å². The highest BCUT2D eigenvalue weighted by Crippen LogP contribution is 2.45. The highest BCUT2D eigenvalue weighted by molar-refractivity contribution is 7.10. The number of rotatable bonds is 1. The maximum atomic E-state index is 9.06. The van der Waals surface area contributed by atoms with E-state index in [1.165, 1.54) is 11.3 Å². The number of thiazole rings is 1. The van der Waals surface area contributed by atoms with Crippen LogP contribution in [0.3, 0.4) is 0 Å². The van der Waals surface area contributed by atoms with Crippen LogP contribution >= 0.6 is 11.3 Å². The summed E-state index contributed by atoms with van der Waals surface area (Å²) in [5, 5.41) is 9.06. The minimum atomic E-state index is -0.161. The van der Waals surface area contributed by atoms with E-state index in [0.29, 0.717) is 0 Å². The molecule has 0 aliphatic heterocycles. The molecule has 0 spiro atoms. The van der Waals surface area contributed by atoms with Crippen molar-refractivity contribution in [2.75, 3.05) is 0 Å². The number of aryl methyl sites for hydroxylation is 1. The third kappa shape index (κ3) is 0.881. The van der Waals surface area contributed by atoms with Crippen LogP contribution in [0.5, 0.6) is 0 Å². The van der Waals surface area contributed by atoms with Gasteiger partial charge in [0.15, 0.2) is 0 Å². The maximum Gasteiger partial charge on any atom is 0.0933 e. The van der Waals surface area contributed by atoms with Crippen molar-refractivity contribution in [3.63, 3.8) is 0 Å². The predicted octanol–water partition coefficient (Wildman–Crippen LogP) is 2.40. The second-order valence-electron chi connectivity index (χ2n) is 3.31. The molecule has 1 saturated carbocycles. The molecular weight excluding hydrogens is 168 g/mol. The van der Waals surface area contributed by atoms with Gasteiger partial charge in [-0.3, -0.25) is 0 Å². The summed E-state index contributed by atoms with van der Waals surface area (Å²) >= 11 is 1.62. The average molecular weight is 178 g/mol. The zero-order valence-electron chi connectivity index (χ0n) is 7.00. The number of hydrogen-bond donors (Lipinski definition) is 0. The highest BCUT2D eigenvalue weighted by Gasteiger charge is 2.41. The molecule has 0 saturated heterocycles. The van der Waals surface area contributed by atoms with Crippen molar-refractivity contribution in [3.05, 3.63) is 16.1 Å². The normalized spacial score (nSPS) is 19.7. The van der Waals surface area contributed by atoms with Crippen molar-refractivity contribution >= 4 is 11.3 Å². The van der Waals surface area contributed by atoms with E-state index in [2.05, 4.69) is 11.1 Å². The lowest BCUT2D eigenvalue weighted by Crippen LogP contribution is -2.31. The van der Waals surface area contributed by atoms with Gasteiger partial charge in [0, 0.05) is 4.88 Å². The fraction of sp³-hybridized carbons (Fsp3) is 0.556. The van der Waals surface area contributed by atoms with Crippen LogP contribution in [-0.4, -0.2) is 4.98 Å². The first kappa shape index (κ1) is 7.75. The van der Waals surface area contributed by atoms with Gasteiger partial charge in [0.05, 0.1) is 22.7 Å². The second-order valence-corrected chi connectivity index (χ2v) is 4.17. The van der Waals surface area contributed by atoms with Crippen molar-refractivity contribution in [3.8, 4) is 6.07 Å². The largest absolute Gasteiger partial charge is 0.250 e. The first-order chi connectivity index (χ1) is 5.78. The molecule has 2 nitrogen and oxygen atoms in total. The molecule has 1 aliphatic carbocycles. The Morgan fingerprint density at radius 2 is 2.42 bits per heavy atom. The molecule has 2 rings (SSSR count). The SMILES string of the molecule is Cc1ncsc1C1(C#N)CCC1. The van der Waals surface area contributed by atoms with Gasteiger partial charge < -0.3 is 0 Å². The van der Waals surface area contributed by atoms with Crippen LogP contribution in [0, 0.1) is 18.3 Å². The molecule has 0 radical (unpaired) electrons. The van der Waals surface area contributed by atoms with E-state index in [1.807, 2.05) is 12.4 Å². The van der Waals surface area contributed by atoms with E-state index in [-0.39, 0.29) is 5.41 Å². The quantitative estimate of drug-likeness (QED) is 0.662. The zero-order valence-corrected chi connectivity index (χ0v) is 7.82. The summed E-state index contributed by atoms with van der Waals surface area (Å²) in [6.07, 6.45) is 3.23. The summed E-state index contributed by atoms with van der Waals surface area (Å²) in [5.41, 5.74) is 2.72. The summed E-state index contributed by atoms with van der Waals surface area (Å²) in [6.45, 7) is 1.99. The lowest BCUT2D eigenvalue weighted by Gasteiger charge is -2.34. The number of hydrogen-bond acceptors (Lipinski definition) is 3. The van der Waals surface area contributed by atoms with Gasteiger partial charge in [-0.2, -0.15) is 5.26 Å². The van der Waals surface area contributed by atoms with E-state index in [4.69, 9.17) is 5.26 Å². The van der Waals surface area contributed by atoms with Gasteiger partial charge in [0.2, 0.25) is 0 Å². The number of nitrogens with zero attached hydrogens (tertiary/aromatic N) is 2. The van der Waals surface area contributed by atoms with Gasteiger partial charge in [0.1, 0.15) is 0 Å². The average Bonchev–Trinajstić information content (AvgIpc) is 2.36. The van der Waals surface area contributed by atoms with Gasteiger partial charge in [-0.25, -0.2) is 4.98 Å². The Bertz CT molecular complexity index is 331. The lowest BCUT2D eigenvalue weighted by molar-refractivity contribution is 0.328. The smallest absolute Gasteiger partial charge is 0.0933 e. The summed E-state index contributed by atoms with van der Waals surface area (Å²) < 4.78 is 0. The number of aromatic nitrogens is 1. The molecule has 1 heterocycles. The van der Waals surface area contributed by atoms with Crippen LogP contribution in [0.4, 0.5) is 0 Å². The molecule has 0 aromatic carbocycles. The molecule has 0 atom stereocenters. The third-order valence-electron chi connectivity index (χ3n) is 2.60. The minimum absolute atomic E-state index is 0.161. The predicted molar refractivity (Wildman–Crippen MR) is 48.0 cm³/mol. The van der Waals surface area contributed by atoms with Crippen molar-refractivity contribution in [1.29, 1.82) is 5.26 Å². The molecule has 62 valence electrons. The Kier molecular flexibility index (Phi) is 1.66. The fourth-order valence-corrected chi connectivity index (χ4v) is 2.70. The monoisotopic (exact) mass is 178 g/mol. The van der Waals surface area contributed by atoms with E-state index >= 15 is 0 Å². The topological polar surface area (TPSA) is 36.7 Å². The summed E-state index contributed by atoms with van der Waals surface area (Å²) in [7, 11) is 0. The van der Waals surface area contributed by atoms with Gasteiger partial charge in [0.25, 0.3) is 0 Å². The van der Waals surface area contributed by atoms with Crippen LogP contribution in [0.1, 0.15) is 29.8 Å². The third-order valence-corrected chi connectivity index (χ3v) is 3.73. The Labute approximate surface area is 75.9 Å². The van der Waals surface area contributed by atoms with Gasteiger partial charge in [-0.05, 0) is 26.2 Å². The summed E-state index contributed by atoms with van der Waals surface area (Å²) in [4.78, 5) is 5.37. The van der Waals surface area contributed by atoms with Gasteiger partial charge in [-0.15, -0.1) is 11.3 Å². The number of nitriles is 1. The summed E-state index contributed by atoms with van der Waals surface area (Å²) in [6, 6.07) is 2.43. The van der Waals surface area contributed by atoms with Crippen LogP contribution in [0.2, 0.25) is 0 Å². The minimum Gasteiger partial charge on any atom is -0.250 e. The first-order valence-electron chi connectivity index (χ1n) is 4.10. The van der Waals surface area contributed by atoms with Crippen molar-refractivity contribution in [2.24, 2.45) is 0 Å². The van der Waals surface area contributed by atoms with Crippen LogP contribution in [-0.2, 0) is 5.41 Å². The van der Waals surface area contributed by atoms with Crippen molar-refractivity contribution in [2.45, 2.75) is 31.6 Å². The Morgan fingerprint density at radius 1 is 1.67 bits per heavy atom. The molecule has 1 aromatic heterocycles. The van der Waals surface area contributed by atoms with Crippen LogP contribution in [0.15, 0.2) is 5.51 Å². The van der Waals surface area contributed by atoms with Crippen LogP contribution in [0.25, 0.3) is 0 Å². The van der Waals surface area contributed by atoms with E-state index in [0.717, 1.165) is 18.5 Å². The Morgan fingerprint density at radius 3 is 2.75 bits per heavy atom. The molecule has 1 aromatic rings. The first-order valence-corrected chi connectivity index (χ1v) is 4.98. The molecule has 1 fully saturated rings. The molecule has 1 aliphatic rings. The Hall–Kier alpha value is -0.880. The highest BCUT2D eigenvalue weighted by atomic mass is 32.1. The van der Waals surface area contributed by atoms with E-state index < -0.39 is 0 Å². The van der Waals surface area contributed by atoms with Crippen molar-refractivity contribution < 1.29 is 0 Å².